The van der Waals surface area contributed by atoms with E-state index >= 15 is 0 Å². The lowest BCUT2D eigenvalue weighted by molar-refractivity contribution is -0.131. The number of rotatable bonds is 6. The molecule has 0 bridgehead atoms. The first-order chi connectivity index (χ1) is 12.4. The number of carbonyl (C=O) groups excluding carboxylic acids is 3. The summed E-state index contributed by atoms with van der Waals surface area (Å²) in [5.41, 5.74) is 0.646. The Kier molecular flexibility index (Phi) is 7.00. The van der Waals surface area contributed by atoms with Crippen LogP contribution in [0.2, 0.25) is 10.0 Å². The summed E-state index contributed by atoms with van der Waals surface area (Å²) in [6.45, 7) is 1.71. The Morgan fingerprint density at radius 1 is 0.962 bits per heavy atom. The van der Waals surface area contributed by atoms with Gasteiger partial charge in [-0.1, -0.05) is 29.3 Å². The molecule has 0 unspecified atom stereocenters. The quantitative estimate of drug-likeness (QED) is 0.447. The van der Waals surface area contributed by atoms with Crippen LogP contribution in [0.15, 0.2) is 42.5 Å². The predicted molar refractivity (Wildman–Crippen MR) is 98.9 cm³/mol. The maximum absolute atomic E-state index is 12.1. The summed E-state index contributed by atoms with van der Waals surface area (Å²) < 4.78 is 4.93. The third-order valence-corrected chi connectivity index (χ3v) is 3.78. The van der Waals surface area contributed by atoms with Gasteiger partial charge in [-0.15, -0.1) is 0 Å². The lowest BCUT2D eigenvalue weighted by Gasteiger charge is -2.09. The first kappa shape index (κ1) is 19.8. The van der Waals surface area contributed by atoms with E-state index in [0.717, 1.165) is 0 Å². The number of amides is 2. The molecule has 0 saturated heterocycles. The van der Waals surface area contributed by atoms with E-state index < -0.39 is 5.97 Å². The fourth-order valence-electron chi connectivity index (χ4n) is 2.09. The highest BCUT2D eigenvalue weighted by atomic mass is 35.5. The van der Waals surface area contributed by atoms with Gasteiger partial charge in [-0.05, 0) is 36.4 Å². The van der Waals surface area contributed by atoms with Gasteiger partial charge in [0, 0.05) is 30.6 Å². The molecule has 2 N–H and O–H groups in total. The van der Waals surface area contributed by atoms with Crippen molar-refractivity contribution in [3.63, 3.8) is 0 Å². The molecule has 2 amide bonds. The Labute approximate surface area is 160 Å². The van der Waals surface area contributed by atoms with Crippen molar-refractivity contribution >= 4 is 41.0 Å². The van der Waals surface area contributed by atoms with E-state index in [9.17, 15) is 14.4 Å². The SMILES string of the molecule is CC(=O)Oc1cccc(C(=O)NCCNC(=O)c2ccc(Cl)cc2Cl)c1. The number of hydrogen-bond donors (Lipinski definition) is 2. The third kappa shape index (κ3) is 5.75. The minimum atomic E-state index is -0.467. The van der Waals surface area contributed by atoms with Gasteiger partial charge in [0.25, 0.3) is 11.8 Å². The summed E-state index contributed by atoms with van der Waals surface area (Å²) in [7, 11) is 0. The molecule has 2 aromatic rings. The summed E-state index contributed by atoms with van der Waals surface area (Å²) >= 11 is 11.8. The van der Waals surface area contributed by atoms with Crippen LogP contribution < -0.4 is 15.4 Å². The van der Waals surface area contributed by atoms with Gasteiger partial charge in [0.05, 0.1) is 10.6 Å². The van der Waals surface area contributed by atoms with Gasteiger partial charge in [-0.2, -0.15) is 0 Å². The molecule has 2 aromatic carbocycles. The van der Waals surface area contributed by atoms with Crippen molar-refractivity contribution in [3.05, 3.63) is 63.6 Å². The van der Waals surface area contributed by atoms with Crippen LogP contribution in [0.5, 0.6) is 5.75 Å². The second kappa shape index (κ2) is 9.22. The zero-order valence-electron chi connectivity index (χ0n) is 13.8. The van der Waals surface area contributed by atoms with Gasteiger partial charge in [0.1, 0.15) is 5.75 Å². The van der Waals surface area contributed by atoms with Crippen molar-refractivity contribution < 1.29 is 19.1 Å². The highest BCUT2D eigenvalue weighted by molar-refractivity contribution is 6.36. The maximum Gasteiger partial charge on any atom is 0.308 e. The molecule has 0 fully saturated rings. The molecule has 6 nitrogen and oxygen atoms in total. The topological polar surface area (TPSA) is 84.5 Å². The average Bonchev–Trinajstić information content (AvgIpc) is 2.58. The molecule has 0 aliphatic carbocycles. The smallest absolute Gasteiger partial charge is 0.308 e. The van der Waals surface area contributed by atoms with Crippen molar-refractivity contribution in [1.29, 1.82) is 0 Å². The first-order valence-electron chi connectivity index (χ1n) is 7.67. The van der Waals surface area contributed by atoms with E-state index in [0.29, 0.717) is 16.1 Å². The van der Waals surface area contributed by atoms with Crippen LogP contribution in [0.25, 0.3) is 0 Å². The molecule has 0 saturated carbocycles. The fourth-order valence-corrected chi connectivity index (χ4v) is 2.58. The van der Waals surface area contributed by atoms with E-state index in [-0.39, 0.29) is 35.7 Å². The number of halogens is 2. The van der Waals surface area contributed by atoms with Crippen LogP contribution in [-0.4, -0.2) is 30.9 Å². The Morgan fingerprint density at radius 3 is 2.31 bits per heavy atom. The van der Waals surface area contributed by atoms with Crippen LogP contribution in [0.4, 0.5) is 0 Å². The number of ether oxygens (including phenoxy) is 1. The van der Waals surface area contributed by atoms with E-state index in [1.165, 1.54) is 25.1 Å². The molecule has 0 atom stereocenters. The average molecular weight is 395 g/mol. The largest absolute Gasteiger partial charge is 0.427 e. The number of carbonyl (C=O) groups is 3. The standard InChI is InChI=1S/C18H16Cl2N2O4/c1-11(23)26-14-4-2-3-12(9-14)17(24)21-7-8-22-18(25)15-6-5-13(19)10-16(15)20/h2-6,9-10H,7-8H2,1H3,(H,21,24)(H,22,25). The number of nitrogens with one attached hydrogen (secondary N) is 2. The Bertz CT molecular complexity index is 840. The molecule has 0 aliphatic rings. The van der Waals surface area contributed by atoms with Crippen LogP contribution in [0, 0.1) is 0 Å². The van der Waals surface area contributed by atoms with Gasteiger partial charge in [0.15, 0.2) is 0 Å². The lowest BCUT2D eigenvalue weighted by Crippen LogP contribution is -2.34. The van der Waals surface area contributed by atoms with Crippen molar-refractivity contribution in [2.45, 2.75) is 6.92 Å². The van der Waals surface area contributed by atoms with E-state index in [1.54, 1.807) is 24.3 Å². The summed E-state index contributed by atoms with van der Waals surface area (Å²) in [4.78, 5) is 35.1. The minimum absolute atomic E-state index is 0.215. The molecular weight excluding hydrogens is 379 g/mol. The van der Waals surface area contributed by atoms with Crippen LogP contribution in [0.1, 0.15) is 27.6 Å². The predicted octanol–water partition coefficient (Wildman–Crippen LogP) is 3.08. The summed E-state index contributed by atoms with van der Waals surface area (Å²) in [6.07, 6.45) is 0. The first-order valence-corrected chi connectivity index (χ1v) is 8.42. The van der Waals surface area contributed by atoms with Crippen molar-refractivity contribution in [1.82, 2.24) is 10.6 Å². The second-order valence-corrected chi connectivity index (χ2v) is 6.10. The highest BCUT2D eigenvalue weighted by Crippen LogP contribution is 2.20. The van der Waals surface area contributed by atoms with Gasteiger partial charge in [-0.25, -0.2) is 0 Å². The van der Waals surface area contributed by atoms with E-state index in [1.807, 2.05) is 0 Å². The molecule has 0 aromatic heterocycles. The zero-order chi connectivity index (χ0) is 19.1. The van der Waals surface area contributed by atoms with Crippen molar-refractivity contribution in [3.8, 4) is 5.75 Å². The summed E-state index contributed by atoms with van der Waals surface area (Å²) in [6, 6.07) is 10.8. The van der Waals surface area contributed by atoms with Crippen molar-refractivity contribution in [2.24, 2.45) is 0 Å². The van der Waals surface area contributed by atoms with Crippen LogP contribution >= 0.6 is 23.2 Å². The van der Waals surface area contributed by atoms with E-state index in [2.05, 4.69) is 10.6 Å². The molecular formula is C18H16Cl2N2O4. The molecule has 0 radical (unpaired) electrons. The minimum Gasteiger partial charge on any atom is -0.427 e. The summed E-state index contributed by atoms with van der Waals surface area (Å²) in [5.74, 6) is -0.891. The van der Waals surface area contributed by atoms with Gasteiger partial charge >= 0.3 is 5.97 Å². The van der Waals surface area contributed by atoms with Gasteiger partial charge < -0.3 is 15.4 Å². The molecule has 0 heterocycles. The number of benzene rings is 2. The molecule has 136 valence electrons. The normalized spacial score (nSPS) is 10.1. The van der Waals surface area contributed by atoms with Gasteiger partial charge in [0.2, 0.25) is 0 Å². The highest BCUT2D eigenvalue weighted by Gasteiger charge is 2.11. The summed E-state index contributed by atoms with van der Waals surface area (Å²) in [5, 5.41) is 6.01. The van der Waals surface area contributed by atoms with Crippen LogP contribution in [0.3, 0.4) is 0 Å². The second-order valence-electron chi connectivity index (χ2n) is 5.26. The monoisotopic (exact) mass is 394 g/mol. The Hall–Kier alpha value is -2.57. The molecule has 0 aliphatic heterocycles. The molecule has 8 heteroatoms. The maximum atomic E-state index is 12.1. The fraction of sp³-hybridized carbons (Fsp3) is 0.167. The van der Waals surface area contributed by atoms with Crippen molar-refractivity contribution in [2.75, 3.05) is 13.1 Å². The number of esters is 1. The molecule has 2 rings (SSSR count). The lowest BCUT2D eigenvalue weighted by atomic mass is 10.2. The third-order valence-electron chi connectivity index (χ3n) is 3.23. The Morgan fingerprint density at radius 2 is 1.65 bits per heavy atom. The number of hydrogen-bond acceptors (Lipinski definition) is 4. The molecule has 0 spiro atoms. The zero-order valence-corrected chi connectivity index (χ0v) is 15.4. The Balaban J connectivity index is 1.83. The molecule has 26 heavy (non-hydrogen) atoms. The van der Waals surface area contributed by atoms with Crippen LogP contribution in [-0.2, 0) is 4.79 Å². The van der Waals surface area contributed by atoms with Gasteiger partial charge in [-0.3, -0.25) is 14.4 Å². The van der Waals surface area contributed by atoms with E-state index in [4.69, 9.17) is 27.9 Å².